The van der Waals surface area contributed by atoms with Crippen LogP contribution in [-0.4, -0.2) is 8.42 Å². The summed E-state index contributed by atoms with van der Waals surface area (Å²) < 4.78 is 41.2. The molecule has 8 heteroatoms. The van der Waals surface area contributed by atoms with Crippen molar-refractivity contribution in [2.75, 3.05) is 5.32 Å². The lowest BCUT2D eigenvalue weighted by molar-refractivity contribution is 0.306. The van der Waals surface area contributed by atoms with Crippen LogP contribution in [0.5, 0.6) is 5.75 Å². The maximum Gasteiger partial charge on any atom is 0.238 e. The molecule has 0 bridgehead atoms. The number of hydrogen-bond donors (Lipinski definition) is 2. The number of sulfonamides is 1. The molecule has 3 aromatic carbocycles. The van der Waals surface area contributed by atoms with Crippen LogP contribution < -0.4 is 15.2 Å². The van der Waals surface area contributed by atoms with Crippen molar-refractivity contribution >= 4 is 27.3 Å². The Labute approximate surface area is 168 Å². The van der Waals surface area contributed by atoms with Crippen molar-refractivity contribution < 1.29 is 17.5 Å². The summed E-state index contributed by atoms with van der Waals surface area (Å²) in [6.07, 6.45) is 0. The Kier molecular flexibility index (Phi) is 6.18. The van der Waals surface area contributed by atoms with E-state index in [0.717, 1.165) is 11.3 Å². The van der Waals surface area contributed by atoms with E-state index in [1.165, 1.54) is 24.3 Å². The summed E-state index contributed by atoms with van der Waals surface area (Å²) in [6.45, 7) is 0.798. The molecule has 0 saturated carbocycles. The second-order valence-corrected chi connectivity index (χ2v) is 8.06. The normalized spacial score (nSPS) is 11.2. The number of primary sulfonamides is 1. The molecule has 0 aliphatic carbocycles. The highest BCUT2D eigenvalue weighted by Gasteiger charge is 2.07. The van der Waals surface area contributed by atoms with Crippen LogP contribution in [0.25, 0.3) is 0 Å². The van der Waals surface area contributed by atoms with Crippen LogP contribution in [0.2, 0.25) is 5.02 Å². The maximum atomic E-state index is 13.1. The average molecular weight is 421 g/mol. The Morgan fingerprint density at radius 3 is 2.29 bits per heavy atom. The van der Waals surface area contributed by atoms with Gasteiger partial charge >= 0.3 is 0 Å². The number of nitrogens with two attached hydrogens (primary N) is 1. The molecule has 0 aliphatic heterocycles. The minimum Gasteiger partial charge on any atom is -0.489 e. The Hall–Kier alpha value is -2.61. The van der Waals surface area contributed by atoms with Gasteiger partial charge in [-0.15, -0.1) is 0 Å². The lowest BCUT2D eigenvalue weighted by atomic mass is 10.2. The van der Waals surface area contributed by atoms with Crippen LogP contribution in [0.3, 0.4) is 0 Å². The second-order valence-electron chi connectivity index (χ2n) is 6.09. The molecule has 146 valence electrons. The predicted molar refractivity (Wildman–Crippen MR) is 107 cm³/mol. The van der Waals surface area contributed by atoms with Gasteiger partial charge in [-0.1, -0.05) is 29.8 Å². The van der Waals surface area contributed by atoms with Crippen LogP contribution in [0.1, 0.15) is 11.1 Å². The monoisotopic (exact) mass is 420 g/mol. The molecule has 3 rings (SSSR count). The van der Waals surface area contributed by atoms with Crippen molar-refractivity contribution in [3.63, 3.8) is 0 Å². The quantitative estimate of drug-likeness (QED) is 0.596. The van der Waals surface area contributed by atoms with Gasteiger partial charge in [0.1, 0.15) is 18.2 Å². The molecule has 0 fully saturated rings. The molecule has 0 aliphatic rings. The number of halogens is 2. The molecule has 0 unspecified atom stereocenters. The zero-order valence-electron chi connectivity index (χ0n) is 14.7. The van der Waals surface area contributed by atoms with E-state index in [0.29, 0.717) is 22.9 Å². The molecular formula is C20H18ClFN2O3S. The van der Waals surface area contributed by atoms with Gasteiger partial charge in [-0.3, -0.25) is 0 Å². The highest BCUT2D eigenvalue weighted by Crippen LogP contribution is 2.21. The van der Waals surface area contributed by atoms with Gasteiger partial charge in [0.2, 0.25) is 10.0 Å². The Balaban J connectivity index is 1.54. The second kappa shape index (κ2) is 8.60. The van der Waals surface area contributed by atoms with Gasteiger partial charge in [-0.25, -0.2) is 17.9 Å². The molecule has 3 aromatic rings. The number of hydrogen-bond acceptors (Lipinski definition) is 4. The first-order valence-electron chi connectivity index (χ1n) is 8.34. The highest BCUT2D eigenvalue weighted by atomic mass is 35.5. The summed E-state index contributed by atoms with van der Waals surface area (Å²) in [5.74, 6) is 0.284. The first-order valence-corrected chi connectivity index (χ1v) is 10.3. The Morgan fingerprint density at radius 2 is 1.68 bits per heavy atom. The Morgan fingerprint density at radius 1 is 1.00 bits per heavy atom. The third kappa shape index (κ3) is 5.45. The zero-order valence-corrected chi connectivity index (χ0v) is 16.3. The third-order valence-corrected chi connectivity index (χ3v) is 5.29. The molecule has 0 atom stereocenters. The molecule has 0 spiro atoms. The minimum absolute atomic E-state index is 0.0702. The van der Waals surface area contributed by atoms with Crippen molar-refractivity contribution in [3.8, 4) is 5.75 Å². The largest absolute Gasteiger partial charge is 0.489 e. The number of benzene rings is 3. The van der Waals surface area contributed by atoms with Crippen LogP contribution >= 0.6 is 11.6 Å². The van der Waals surface area contributed by atoms with Crippen molar-refractivity contribution in [2.24, 2.45) is 5.14 Å². The number of ether oxygens (including phenoxy) is 1. The fourth-order valence-electron chi connectivity index (χ4n) is 2.47. The fourth-order valence-corrected chi connectivity index (χ4v) is 3.21. The van der Waals surface area contributed by atoms with Gasteiger partial charge in [0.15, 0.2) is 0 Å². The van der Waals surface area contributed by atoms with Crippen LogP contribution in [-0.2, 0) is 23.2 Å². The van der Waals surface area contributed by atoms with Gasteiger partial charge in [0, 0.05) is 17.8 Å². The van der Waals surface area contributed by atoms with Gasteiger partial charge in [0.05, 0.1) is 9.92 Å². The van der Waals surface area contributed by atoms with Gasteiger partial charge in [0.25, 0.3) is 0 Å². The van der Waals surface area contributed by atoms with Gasteiger partial charge in [-0.05, 0) is 54.1 Å². The SMILES string of the molecule is NS(=O)(=O)c1ccc(NCc2ccc(OCc3ccc(F)cc3Cl)cc2)cc1. The summed E-state index contributed by atoms with van der Waals surface area (Å²) in [5.41, 5.74) is 2.50. The van der Waals surface area contributed by atoms with Gasteiger partial charge < -0.3 is 10.1 Å². The van der Waals surface area contributed by atoms with Crippen LogP contribution in [0, 0.1) is 5.82 Å². The van der Waals surface area contributed by atoms with E-state index in [4.69, 9.17) is 21.5 Å². The molecule has 0 saturated heterocycles. The van der Waals surface area contributed by atoms with Crippen LogP contribution in [0.15, 0.2) is 71.6 Å². The predicted octanol–water partition coefficient (Wildman–Crippen LogP) is 4.32. The summed E-state index contributed by atoms with van der Waals surface area (Å²) >= 11 is 5.99. The average Bonchev–Trinajstić information content (AvgIpc) is 2.66. The van der Waals surface area contributed by atoms with E-state index >= 15 is 0 Å². The number of rotatable bonds is 7. The highest BCUT2D eigenvalue weighted by molar-refractivity contribution is 7.89. The van der Waals surface area contributed by atoms with Crippen LogP contribution in [0.4, 0.5) is 10.1 Å². The summed E-state index contributed by atoms with van der Waals surface area (Å²) in [6, 6.07) is 17.9. The summed E-state index contributed by atoms with van der Waals surface area (Å²) in [4.78, 5) is 0.0702. The first-order chi connectivity index (χ1) is 13.3. The van der Waals surface area contributed by atoms with E-state index in [-0.39, 0.29) is 17.3 Å². The summed E-state index contributed by atoms with van der Waals surface area (Å²) in [5, 5.41) is 8.61. The smallest absolute Gasteiger partial charge is 0.238 e. The lowest BCUT2D eigenvalue weighted by Crippen LogP contribution is -2.12. The molecule has 0 radical (unpaired) electrons. The zero-order chi connectivity index (χ0) is 20.1. The number of anilines is 1. The van der Waals surface area contributed by atoms with Crippen molar-refractivity contribution in [1.29, 1.82) is 0 Å². The topological polar surface area (TPSA) is 81.4 Å². The molecule has 0 amide bonds. The van der Waals surface area contributed by atoms with E-state index in [1.807, 2.05) is 24.3 Å². The molecule has 0 heterocycles. The van der Waals surface area contributed by atoms with E-state index in [2.05, 4.69) is 5.32 Å². The van der Waals surface area contributed by atoms with E-state index in [9.17, 15) is 12.8 Å². The Bertz CT molecular complexity index is 1060. The maximum absolute atomic E-state index is 13.1. The summed E-state index contributed by atoms with van der Waals surface area (Å²) in [7, 11) is -3.69. The standard InChI is InChI=1S/C20H18ClFN2O3S/c21-20-11-16(22)4-3-15(20)13-27-18-7-1-14(2-8-18)12-24-17-5-9-19(10-6-17)28(23,25)26/h1-11,24H,12-13H2,(H2,23,25,26). The minimum atomic E-state index is -3.69. The third-order valence-electron chi connectivity index (χ3n) is 4.01. The first kappa shape index (κ1) is 20.1. The van der Waals surface area contributed by atoms with Gasteiger partial charge in [-0.2, -0.15) is 0 Å². The molecule has 3 N–H and O–H groups in total. The molecule has 0 aromatic heterocycles. The molecule has 5 nitrogen and oxygen atoms in total. The van der Waals surface area contributed by atoms with Crippen molar-refractivity contribution in [3.05, 3.63) is 88.7 Å². The molecule has 28 heavy (non-hydrogen) atoms. The van der Waals surface area contributed by atoms with E-state index in [1.54, 1.807) is 18.2 Å². The number of nitrogens with one attached hydrogen (secondary N) is 1. The van der Waals surface area contributed by atoms with Crippen molar-refractivity contribution in [1.82, 2.24) is 0 Å². The van der Waals surface area contributed by atoms with Crippen molar-refractivity contribution in [2.45, 2.75) is 18.0 Å². The molecular weight excluding hydrogens is 403 g/mol. The lowest BCUT2D eigenvalue weighted by Gasteiger charge is -2.10. The fraction of sp³-hybridized carbons (Fsp3) is 0.100. The van der Waals surface area contributed by atoms with E-state index < -0.39 is 10.0 Å².